The van der Waals surface area contributed by atoms with Crippen LogP contribution >= 0.6 is 0 Å². The number of rotatable bonds is 7. The number of hydrogen-bond donors (Lipinski definition) is 2. The Labute approximate surface area is 122 Å². The van der Waals surface area contributed by atoms with Gasteiger partial charge in [0.15, 0.2) is 6.04 Å². The summed E-state index contributed by atoms with van der Waals surface area (Å²) in [5.41, 5.74) is 1.23. The highest BCUT2D eigenvalue weighted by molar-refractivity contribution is 5.80. The zero-order valence-electron chi connectivity index (χ0n) is 11.8. The summed E-state index contributed by atoms with van der Waals surface area (Å²) < 4.78 is 6.55. The number of carbonyl (C=O) groups excluding carboxylic acids is 1. The first-order chi connectivity index (χ1) is 10.2. The molecule has 0 aliphatic heterocycles. The van der Waals surface area contributed by atoms with Gasteiger partial charge in [-0.1, -0.05) is 23.4 Å². The van der Waals surface area contributed by atoms with Crippen LogP contribution in [0.15, 0.2) is 36.5 Å². The van der Waals surface area contributed by atoms with Gasteiger partial charge in [-0.2, -0.15) is 0 Å². The van der Waals surface area contributed by atoms with E-state index in [9.17, 15) is 4.79 Å². The van der Waals surface area contributed by atoms with Crippen molar-refractivity contribution < 1.29 is 14.6 Å². The average molecular weight is 290 g/mol. The van der Waals surface area contributed by atoms with Crippen LogP contribution in [0.3, 0.4) is 0 Å². The van der Waals surface area contributed by atoms with Gasteiger partial charge in [0.2, 0.25) is 0 Å². The molecule has 1 unspecified atom stereocenters. The number of ether oxygens (including phenoxy) is 1. The molecule has 112 valence electrons. The number of aromatic nitrogens is 3. The molecular weight excluding hydrogens is 272 g/mol. The predicted molar refractivity (Wildman–Crippen MR) is 76.5 cm³/mol. The number of esters is 1. The lowest BCUT2D eigenvalue weighted by Crippen LogP contribution is -2.23. The van der Waals surface area contributed by atoms with E-state index in [0.29, 0.717) is 12.2 Å². The average Bonchev–Trinajstić information content (AvgIpc) is 2.95. The third kappa shape index (κ3) is 4.03. The lowest BCUT2D eigenvalue weighted by Gasteiger charge is -2.16. The zero-order valence-corrected chi connectivity index (χ0v) is 11.8. The maximum Gasteiger partial charge on any atom is 0.335 e. The first kappa shape index (κ1) is 15.0. The Morgan fingerprint density at radius 3 is 2.86 bits per heavy atom. The summed E-state index contributed by atoms with van der Waals surface area (Å²) in [6.45, 7) is 2.32. The second-order valence-electron chi connectivity index (χ2n) is 4.33. The van der Waals surface area contributed by atoms with Crippen molar-refractivity contribution in [2.75, 3.05) is 18.5 Å². The molecule has 0 aliphatic carbocycles. The van der Waals surface area contributed by atoms with Crippen LogP contribution in [-0.4, -0.2) is 39.3 Å². The first-order valence-corrected chi connectivity index (χ1v) is 6.73. The van der Waals surface area contributed by atoms with Gasteiger partial charge in [-0.25, -0.2) is 9.48 Å². The third-order valence-corrected chi connectivity index (χ3v) is 2.79. The second-order valence-corrected chi connectivity index (χ2v) is 4.33. The van der Waals surface area contributed by atoms with Crippen molar-refractivity contribution in [3.63, 3.8) is 0 Å². The SMILES string of the molecule is CCOC(=O)C(Nc1ccccc1)c1cn(CCO)nn1. The molecule has 0 saturated heterocycles. The van der Waals surface area contributed by atoms with Gasteiger partial charge in [-0.3, -0.25) is 0 Å². The Morgan fingerprint density at radius 2 is 2.19 bits per heavy atom. The number of carbonyl (C=O) groups is 1. The van der Waals surface area contributed by atoms with Crippen LogP contribution in [0.1, 0.15) is 18.7 Å². The van der Waals surface area contributed by atoms with Crippen molar-refractivity contribution in [2.45, 2.75) is 19.5 Å². The number of nitrogens with one attached hydrogen (secondary N) is 1. The summed E-state index contributed by atoms with van der Waals surface area (Å²) in [5, 5.41) is 19.8. The number of para-hydroxylation sites is 1. The smallest absolute Gasteiger partial charge is 0.335 e. The Morgan fingerprint density at radius 1 is 1.43 bits per heavy atom. The molecule has 1 heterocycles. The molecule has 1 atom stereocenters. The Bertz CT molecular complexity index is 571. The molecule has 0 fully saturated rings. The van der Waals surface area contributed by atoms with Crippen LogP contribution in [0.4, 0.5) is 5.69 Å². The zero-order chi connectivity index (χ0) is 15.1. The third-order valence-electron chi connectivity index (χ3n) is 2.79. The van der Waals surface area contributed by atoms with E-state index in [1.165, 1.54) is 4.68 Å². The van der Waals surface area contributed by atoms with Gasteiger partial charge in [-0.05, 0) is 19.1 Å². The van der Waals surface area contributed by atoms with Gasteiger partial charge in [0.05, 0.1) is 26.0 Å². The number of aliphatic hydroxyl groups is 1. The van der Waals surface area contributed by atoms with Crippen molar-refractivity contribution in [3.05, 3.63) is 42.2 Å². The minimum absolute atomic E-state index is 0.0427. The van der Waals surface area contributed by atoms with Gasteiger partial charge >= 0.3 is 5.97 Å². The molecule has 0 spiro atoms. The van der Waals surface area contributed by atoms with E-state index in [0.717, 1.165) is 5.69 Å². The minimum atomic E-state index is -0.736. The summed E-state index contributed by atoms with van der Waals surface area (Å²) in [6, 6.07) is 8.59. The highest BCUT2D eigenvalue weighted by Crippen LogP contribution is 2.19. The molecule has 7 heteroatoms. The van der Waals surface area contributed by atoms with Crippen molar-refractivity contribution in [2.24, 2.45) is 0 Å². The molecule has 0 saturated carbocycles. The number of hydrogen-bond acceptors (Lipinski definition) is 6. The molecule has 7 nitrogen and oxygen atoms in total. The Balaban J connectivity index is 2.20. The van der Waals surface area contributed by atoms with E-state index >= 15 is 0 Å². The molecule has 21 heavy (non-hydrogen) atoms. The van der Waals surface area contributed by atoms with Crippen LogP contribution in [0.2, 0.25) is 0 Å². The Hall–Kier alpha value is -2.41. The molecule has 2 aromatic rings. The standard InChI is InChI=1S/C14H18N4O3/c1-2-21-14(20)13(15-11-6-4-3-5-7-11)12-10-18(8-9-19)17-16-12/h3-7,10,13,15,19H,2,8-9H2,1H3. The van der Waals surface area contributed by atoms with Gasteiger partial charge in [-0.15, -0.1) is 5.10 Å². The molecule has 1 aromatic carbocycles. The van der Waals surface area contributed by atoms with Gasteiger partial charge < -0.3 is 15.2 Å². The molecule has 2 rings (SSSR count). The highest BCUT2D eigenvalue weighted by atomic mass is 16.5. The summed E-state index contributed by atoms with van der Waals surface area (Å²) in [6.07, 6.45) is 1.62. The molecule has 0 aliphatic rings. The van der Waals surface area contributed by atoms with Crippen LogP contribution < -0.4 is 5.32 Å². The second kappa shape index (κ2) is 7.39. The Kier molecular flexibility index (Phi) is 5.28. The van der Waals surface area contributed by atoms with Crippen LogP contribution in [0.5, 0.6) is 0 Å². The van der Waals surface area contributed by atoms with E-state index in [-0.39, 0.29) is 13.2 Å². The maximum atomic E-state index is 12.1. The largest absolute Gasteiger partial charge is 0.464 e. The van der Waals surface area contributed by atoms with Crippen LogP contribution in [-0.2, 0) is 16.1 Å². The predicted octanol–water partition coefficient (Wildman–Crippen LogP) is 0.987. The van der Waals surface area contributed by atoms with Gasteiger partial charge in [0, 0.05) is 5.69 Å². The van der Waals surface area contributed by atoms with Crippen LogP contribution in [0, 0.1) is 0 Å². The topological polar surface area (TPSA) is 89.3 Å². The van der Waals surface area contributed by atoms with Crippen molar-refractivity contribution in [1.29, 1.82) is 0 Å². The van der Waals surface area contributed by atoms with Crippen molar-refractivity contribution >= 4 is 11.7 Å². The van der Waals surface area contributed by atoms with Gasteiger partial charge in [0.1, 0.15) is 5.69 Å². The lowest BCUT2D eigenvalue weighted by atomic mass is 10.2. The summed E-state index contributed by atoms with van der Waals surface area (Å²) >= 11 is 0. The number of nitrogens with zero attached hydrogens (tertiary/aromatic N) is 3. The maximum absolute atomic E-state index is 12.1. The van der Waals surface area contributed by atoms with E-state index in [4.69, 9.17) is 9.84 Å². The molecule has 2 N–H and O–H groups in total. The normalized spacial score (nSPS) is 11.9. The fraction of sp³-hybridized carbons (Fsp3) is 0.357. The molecule has 0 radical (unpaired) electrons. The van der Waals surface area contributed by atoms with Crippen LogP contribution in [0.25, 0.3) is 0 Å². The number of anilines is 1. The monoisotopic (exact) mass is 290 g/mol. The fourth-order valence-corrected chi connectivity index (χ4v) is 1.84. The number of benzene rings is 1. The quantitative estimate of drug-likeness (QED) is 0.739. The molecular formula is C14H18N4O3. The van der Waals surface area contributed by atoms with E-state index in [1.807, 2.05) is 30.3 Å². The van der Waals surface area contributed by atoms with Crippen molar-refractivity contribution in [1.82, 2.24) is 15.0 Å². The van der Waals surface area contributed by atoms with Gasteiger partial charge in [0.25, 0.3) is 0 Å². The number of aliphatic hydroxyl groups excluding tert-OH is 1. The van der Waals surface area contributed by atoms with Crippen molar-refractivity contribution in [3.8, 4) is 0 Å². The molecule has 0 amide bonds. The molecule has 0 bridgehead atoms. The summed E-state index contributed by atoms with van der Waals surface area (Å²) in [7, 11) is 0. The first-order valence-electron chi connectivity index (χ1n) is 6.73. The van der Waals surface area contributed by atoms with E-state index in [1.54, 1.807) is 13.1 Å². The lowest BCUT2D eigenvalue weighted by molar-refractivity contribution is -0.144. The highest BCUT2D eigenvalue weighted by Gasteiger charge is 2.25. The molecule has 1 aromatic heterocycles. The van der Waals surface area contributed by atoms with E-state index < -0.39 is 12.0 Å². The summed E-state index contributed by atoms with van der Waals surface area (Å²) in [4.78, 5) is 12.1. The summed E-state index contributed by atoms with van der Waals surface area (Å²) in [5.74, 6) is -0.419. The minimum Gasteiger partial charge on any atom is -0.464 e. The fourth-order valence-electron chi connectivity index (χ4n) is 1.84. The van der Waals surface area contributed by atoms with E-state index in [2.05, 4.69) is 15.6 Å².